The van der Waals surface area contributed by atoms with Crippen LogP contribution in [0.5, 0.6) is 5.88 Å². The molecule has 0 radical (unpaired) electrons. The summed E-state index contributed by atoms with van der Waals surface area (Å²) >= 11 is 0. The molecule has 0 unspecified atom stereocenters. The lowest BCUT2D eigenvalue weighted by molar-refractivity contribution is 0.0948. The Bertz CT molecular complexity index is 1270. The number of ether oxygens (including phenoxy) is 1. The van der Waals surface area contributed by atoms with Gasteiger partial charge in [0.25, 0.3) is 5.91 Å². The fourth-order valence-corrected chi connectivity index (χ4v) is 5.33. The summed E-state index contributed by atoms with van der Waals surface area (Å²) < 4.78 is 32.4. The van der Waals surface area contributed by atoms with Gasteiger partial charge in [-0.2, -0.15) is 4.31 Å². The number of benzene rings is 1. The Kier molecular flexibility index (Phi) is 8.73. The van der Waals surface area contributed by atoms with Crippen molar-refractivity contribution in [1.29, 1.82) is 0 Å². The van der Waals surface area contributed by atoms with Gasteiger partial charge in [-0.3, -0.25) is 9.78 Å². The number of hydrogen-bond donors (Lipinski definition) is 3. The summed E-state index contributed by atoms with van der Waals surface area (Å²) in [6.45, 7) is 3.26. The maximum Gasteiger partial charge on any atom is 0.251 e. The number of sulfonamides is 1. The number of H-pyrrole nitrogens is 1. The number of fused-ring (bicyclic) bond motifs is 1. The normalized spacial score (nSPS) is 15.1. The molecule has 0 aliphatic carbocycles. The third-order valence-electron chi connectivity index (χ3n) is 5.94. The van der Waals surface area contributed by atoms with Gasteiger partial charge >= 0.3 is 0 Å². The zero-order chi connectivity index (χ0) is 24.3. The average Bonchev–Trinajstić information content (AvgIpc) is 3.17. The molecule has 1 saturated heterocycles. The molecular formula is C23H30ClN5O5S. The molecule has 4 rings (SSSR count). The van der Waals surface area contributed by atoms with Crippen molar-refractivity contribution in [2.45, 2.75) is 11.3 Å². The first-order chi connectivity index (χ1) is 16.3. The van der Waals surface area contributed by atoms with Crippen molar-refractivity contribution in [2.75, 3.05) is 53.5 Å². The molecule has 0 spiro atoms. The van der Waals surface area contributed by atoms with E-state index in [1.807, 2.05) is 7.05 Å². The second-order valence-electron chi connectivity index (χ2n) is 8.30. The summed E-state index contributed by atoms with van der Waals surface area (Å²) in [5.74, 6) is -0.332. The number of rotatable bonds is 8. The Balaban J connectivity index is 0.00000342. The molecule has 3 heterocycles. The molecular weight excluding hydrogens is 494 g/mol. The van der Waals surface area contributed by atoms with Crippen LogP contribution in [0.2, 0.25) is 0 Å². The highest BCUT2D eigenvalue weighted by atomic mass is 35.5. The number of amides is 1. The molecule has 0 saturated carbocycles. The quantitative estimate of drug-likeness (QED) is 0.385. The minimum atomic E-state index is -3.64. The van der Waals surface area contributed by atoms with E-state index in [9.17, 15) is 18.3 Å². The van der Waals surface area contributed by atoms with Gasteiger partial charge in [0.2, 0.25) is 10.0 Å². The smallest absolute Gasteiger partial charge is 0.251 e. The van der Waals surface area contributed by atoms with Crippen LogP contribution in [-0.4, -0.2) is 92.1 Å². The molecule has 0 atom stereocenters. The minimum absolute atomic E-state index is 0. The third kappa shape index (κ3) is 5.76. The molecule has 190 valence electrons. The fraction of sp³-hybridized carbons (Fsp3) is 0.391. The monoisotopic (exact) mass is 523 g/mol. The zero-order valence-corrected chi connectivity index (χ0v) is 21.3. The summed E-state index contributed by atoms with van der Waals surface area (Å²) in [6.07, 6.45) is 2.02. The molecule has 0 bridgehead atoms. The maximum absolute atomic E-state index is 13.0. The van der Waals surface area contributed by atoms with Crippen LogP contribution in [0.3, 0.4) is 0 Å². The van der Waals surface area contributed by atoms with Gasteiger partial charge in [0.1, 0.15) is 4.90 Å². The first-order valence-corrected chi connectivity index (χ1v) is 12.5. The standard InChI is InChI=1S/C23H29N5O5S.ClH/c1-27-9-11-28(12-10-27)34(31,32)17-5-7-20(25-15-17)21-18-14-16(4-6-19(18)26-23(21)30)22(29)24-8-3-13-33-2;/h4-7,14-15,26,30H,3,8-13H2,1-2H3,(H,24,29);1H. The number of halogens is 1. The molecule has 10 nitrogen and oxygen atoms in total. The van der Waals surface area contributed by atoms with Crippen molar-refractivity contribution >= 4 is 39.2 Å². The predicted octanol–water partition coefficient (Wildman–Crippen LogP) is 2.06. The number of carbonyl (C=O) groups excluding carboxylic acids is 1. The number of pyridine rings is 1. The van der Waals surface area contributed by atoms with Crippen molar-refractivity contribution in [1.82, 2.24) is 24.5 Å². The lowest BCUT2D eigenvalue weighted by Crippen LogP contribution is -2.47. The van der Waals surface area contributed by atoms with E-state index in [-0.39, 0.29) is 29.1 Å². The van der Waals surface area contributed by atoms with Crippen molar-refractivity contribution in [3.63, 3.8) is 0 Å². The molecule has 2 aromatic heterocycles. The Labute approximate surface area is 210 Å². The van der Waals surface area contributed by atoms with Gasteiger partial charge in [0, 0.05) is 69.1 Å². The number of carbonyl (C=O) groups is 1. The van der Waals surface area contributed by atoms with Crippen LogP contribution in [0.4, 0.5) is 0 Å². The average molecular weight is 524 g/mol. The Morgan fingerprint density at radius 3 is 2.60 bits per heavy atom. The van der Waals surface area contributed by atoms with Crippen molar-refractivity contribution in [3.8, 4) is 17.1 Å². The summed E-state index contributed by atoms with van der Waals surface area (Å²) in [7, 11) is -0.0708. The summed E-state index contributed by atoms with van der Waals surface area (Å²) in [5, 5.41) is 14.0. The maximum atomic E-state index is 13.0. The number of methoxy groups -OCH3 is 1. The van der Waals surface area contributed by atoms with Crippen molar-refractivity contribution in [3.05, 3.63) is 42.1 Å². The third-order valence-corrected chi connectivity index (χ3v) is 7.83. The number of piperazine rings is 1. The molecule has 3 aromatic rings. The SMILES string of the molecule is COCCCNC(=O)c1ccc2[nH]c(O)c(-c3ccc(S(=O)(=O)N4CCN(C)CC4)cn3)c2c1.Cl. The highest BCUT2D eigenvalue weighted by Crippen LogP contribution is 2.36. The molecule has 1 fully saturated rings. The second-order valence-corrected chi connectivity index (χ2v) is 10.2. The summed E-state index contributed by atoms with van der Waals surface area (Å²) in [5.41, 5.74) is 1.89. The molecule has 1 aliphatic heterocycles. The topological polar surface area (TPSA) is 128 Å². The van der Waals surface area contributed by atoms with E-state index in [1.54, 1.807) is 31.4 Å². The molecule has 1 aromatic carbocycles. The van der Waals surface area contributed by atoms with Gasteiger partial charge in [-0.15, -0.1) is 12.4 Å². The van der Waals surface area contributed by atoms with Gasteiger partial charge in [-0.05, 0) is 43.8 Å². The van der Waals surface area contributed by atoms with E-state index < -0.39 is 10.0 Å². The minimum Gasteiger partial charge on any atom is -0.494 e. The van der Waals surface area contributed by atoms with E-state index in [0.717, 1.165) is 0 Å². The van der Waals surface area contributed by atoms with Gasteiger partial charge in [0.15, 0.2) is 5.88 Å². The van der Waals surface area contributed by atoms with E-state index in [4.69, 9.17) is 4.74 Å². The lowest BCUT2D eigenvalue weighted by atomic mass is 10.1. The first kappa shape index (κ1) is 26.9. The van der Waals surface area contributed by atoms with E-state index in [0.29, 0.717) is 73.5 Å². The van der Waals surface area contributed by atoms with Crippen molar-refractivity contribution in [2.24, 2.45) is 0 Å². The van der Waals surface area contributed by atoms with Crippen LogP contribution in [0.25, 0.3) is 22.2 Å². The van der Waals surface area contributed by atoms with E-state index in [2.05, 4.69) is 20.2 Å². The number of hydrogen-bond acceptors (Lipinski definition) is 7. The van der Waals surface area contributed by atoms with Crippen LogP contribution < -0.4 is 5.32 Å². The van der Waals surface area contributed by atoms with Crippen LogP contribution in [-0.2, 0) is 14.8 Å². The second kappa shape index (κ2) is 11.4. The number of nitrogens with one attached hydrogen (secondary N) is 2. The van der Waals surface area contributed by atoms with Gasteiger partial charge in [-0.1, -0.05) is 0 Å². The summed E-state index contributed by atoms with van der Waals surface area (Å²) in [4.78, 5) is 21.9. The van der Waals surface area contributed by atoms with E-state index in [1.165, 1.54) is 16.6 Å². The molecule has 1 aliphatic rings. The molecule has 12 heteroatoms. The Morgan fingerprint density at radius 1 is 1.20 bits per heavy atom. The van der Waals surface area contributed by atoms with Gasteiger partial charge < -0.3 is 25.0 Å². The van der Waals surface area contributed by atoms with Crippen LogP contribution in [0, 0.1) is 0 Å². The number of likely N-dealkylation sites (N-methyl/N-ethyl adjacent to an activating group) is 1. The number of aromatic hydroxyl groups is 1. The Morgan fingerprint density at radius 2 is 1.94 bits per heavy atom. The van der Waals surface area contributed by atoms with Crippen LogP contribution in [0.1, 0.15) is 16.8 Å². The molecule has 35 heavy (non-hydrogen) atoms. The highest BCUT2D eigenvalue weighted by molar-refractivity contribution is 7.89. The van der Waals surface area contributed by atoms with Crippen molar-refractivity contribution < 1.29 is 23.1 Å². The lowest BCUT2D eigenvalue weighted by Gasteiger charge is -2.31. The summed E-state index contributed by atoms with van der Waals surface area (Å²) in [6, 6.07) is 8.15. The van der Waals surface area contributed by atoms with Gasteiger partial charge in [-0.25, -0.2) is 8.42 Å². The Hall–Kier alpha value is -2.70. The largest absolute Gasteiger partial charge is 0.494 e. The number of aromatic amines is 1. The fourth-order valence-electron chi connectivity index (χ4n) is 3.96. The molecule has 3 N–H and O–H groups in total. The number of aromatic nitrogens is 2. The molecule has 1 amide bonds. The first-order valence-electron chi connectivity index (χ1n) is 11.1. The highest BCUT2D eigenvalue weighted by Gasteiger charge is 2.28. The van der Waals surface area contributed by atoms with E-state index >= 15 is 0 Å². The van der Waals surface area contributed by atoms with Crippen LogP contribution in [0.15, 0.2) is 41.4 Å². The predicted molar refractivity (Wildman–Crippen MR) is 136 cm³/mol. The number of nitrogens with zero attached hydrogens (tertiary/aromatic N) is 3. The zero-order valence-electron chi connectivity index (χ0n) is 19.7. The van der Waals surface area contributed by atoms with Crippen LogP contribution >= 0.6 is 12.4 Å². The van der Waals surface area contributed by atoms with Gasteiger partial charge in [0.05, 0.1) is 11.3 Å².